The summed E-state index contributed by atoms with van der Waals surface area (Å²) in [6, 6.07) is 7.47. The summed E-state index contributed by atoms with van der Waals surface area (Å²) in [6.07, 6.45) is 3.44. The van der Waals surface area contributed by atoms with E-state index in [-0.39, 0.29) is 18.1 Å². The van der Waals surface area contributed by atoms with Gasteiger partial charge >= 0.3 is 6.09 Å². The fourth-order valence-corrected chi connectivity index (χ4v) is 2.65. The van der Waals surface area contributed by atoms with Gasteiger partial charge in [0.05, 0.1) is 0 Å². The molecule has 0 spiro atoms. The van der Waals surface area contributed by atoms with E-state index in [4.69, 9.17) is 4.74 Å². The Balaban J connectivity index is 2.21. The Kier molecular flexibility index (Phi) is 7.70. The molecule has 7 heteroatoms. The summed E-state index contributed by atoms with van der Waals surface area (Å²) in [7, 11) is 0. The lowest BCUT2D eigenvalue weighted by atomic mass is 10.0. The van der Waals surface area contributed by atoms with Crippen LogP contribution in [0.2, 0.25) is 0 Å². The summed E-state index contributed by atoms with van der Waals surface area (Å²) in [4.78, 5) is 33.3. The van der Waals surface area contributed by atoms with E-state index in [2.05, 4.69) is 34.4 Å². The Morgan fingerprint density at radius 2 is 1.76 bits per heavy atom. The van der Waals surface area contributed by atoms with E-state index in [0.717, 1.165) is 17.5 Å². The van der Waals surface area contributed by atoms with Crippen molar-refractivity contribution in [3.63, 3.8) is 0 Å². The molecule has 0 aliphatic heterocycles. The van der Waals surface area contributed by atoms with Gasteiger partial charge in [-0.1, -0.05) is 38.1 Å². The molecule has 29 heavy (non-hydrogen) atoms. The van der Waals surface area contributed by atoms with Gasteiger partial charge in [0.2, 0.25) is 0 Å². The zero-order valence-corrected chi connectivity index (χ0v) is 17.8. The van der Waals surface area contributed by atoms with Gasteiger partial charge in [-0.25, -0.2) is 9.78 Å². The molecule has 0 radical (unpaired) electrons. The Morgan fingerprint density at radius 1 is 1.07 bits per heavy atom. The van der Waals surface area contributed by atoms with Gasteiger partial charge < -0.3 is 15.4 Å². The van der Waals surface area contributed by atoms with Gasteiger partial charge in [0.1, 0.15) is 11.3 Å². The molecule has 0 unspecified atom stereocenters. The van der Waals surface area contributed by atoms with Crippen molar-refractivity contribution in [1.29, 1.82) is 0 Å². The maximum absolute atomic E-state index is 12.7. The molecule has 7 nitrogen and oxygen atoms in total. The fraction of sp³-hybridized carbons (Fsp3) is 0.455. The van der Waals surface area contributed by atoms with Crippen molar-refractivity contribution >= 4 is 12.0 Å². The molecule has 0 fully saturated rings. The maximum Gasteiger partial charge on any atom is 0.407 e. The lowest BCUT2D eigenvalue weighted by molar-refractivity contribution is 0.0523. The monoisotopic (exact) mass is 398 g/mol. The SMILES string of the molecule is CC(C)CCNC(=O)c1nccnc1-c1ccccc1CNC(=O)OC(C)(C)C. The first-order chi connectivity index (χ1) is 13.7. The van der Waals surface area contributed by atoms with Crippen LogP contribution in [0.25, 0.3) is 11.3 Å². The highest BCUT2D eigenvalue weighted by molar-refractivity contribution is 5.98. The van der Waals surface area contributed by atoms with Gasteiger partial charge in [0.15, 0.2) is 5.69 Å². The molecule has 2 rings (SSSR count). The molecule has 0 aliphatic carbocycles. The number of nitrogens with zero attached hydrogens (tertiary/aromatic N) is 2. The molecule has 156 valence electrons. The van der Waals surface area contributed by atoms with Crippen molar-refractivity contribution in [2.75, 3.05) is 6.54 Å². The molecule has 0 aliphatic rings. The Morgan fingerprint density at radius 3 is 2.45 bits per heavy atom. The minimum Gasteiger partial charge on any atom is -0.444 e. The highest BCUT2D eigenvalue weighted by Gasteiger charge is 2.19. The van der Waals surface area contributed by atoms with Crippen molar-refractivity contribution in [3.8, 4) is 11.3 Å². The van der Waals surface area contributed by atoms with Crippen LogP contribution in [-0.4, -0.2) is 34.1 Å². The van der Waals surface area contributed by atoms with Crippen LogP contribution in [0, 0.1) is 5.92 Å². The number of aromatic nitrogens is 2. The zero-order valence-electron chi connectivity index (χ0n) is 17.8. The lowest BCUT2D eigenvalue weighted by Crippen LogP contribution is -2.32. The molecule has 2 amide bonds. The van der Waals surface area contributed by atoms with Crippen molar-refractivity contribution in [1.82, 2.24) is 20.6 Å². The number of hydrogen-bond acceptors (Lipinski definition) is 5. The third-order valence-corrected chi connectivity index (χ3v) is 4.02. The van der Waals surface area contributed by atoms with Crippen LogP contribution in [0.4, 0.5) is 4.79 Å². The van der Waals surface area contributed by atoms with E-state index < -0.39 is 11.7 Å². The molecular weight excluding hydrogens is 368 g/mol. The van der Waals surface area contributed by atoms with E-state index in [9.17, 15) is 9.59 Å². The van der Waals surface area contributed by atoms with Gasteiger partial charge in [0.25, 0.3) is 5.91 Å². The van der Waals surface area contributed by atoms with E-state index >= 15 is 0 Å². The highest BCUT2D eigenvalue weighted by Crippen LogP contribution is 2.24. The van der Waals surface area contributed by atoms with Crippen LogP contribution in [0.3, 0.4) is 0 Å². The molecule has 1 aromatic heterocycles. The zero-order chi connectivity index (χ0) is 21.4. The van der Waals surface area contributed by atoms with Crippen LogP contribution in [0.1, 0.15) is 57.1 Å². The minimum atomic E-state index is -0.574. The number of hydrogen-bond donors (Lipinski definition) is 2. The standard InChI is InChI=1S/C22H30N4O3/c1-15(2)10-11-25-20(27)19-18(23-12-13-24-19)17-9-7-6-8-16(17)14-26-21(28)29-22(3,4)5/h6-9,12-13,15H,10-11,14H2,1-5H3,(H,25,27)(H,26,28). The summed E-state index contributed by atoms with van der Waals surface area (Å²) in [5.41, 5.74) is 1.73. The van der Waals surface area contributed by atoms with E-state index in [1.165, 1.54) is 6.20 Å². The summed E-state index contributed by atoms with van der Waals surface area (Å²) in [5, 5.41) is 5.66. The first-order valence-corrected chi connectivity index (χ1v) is 9.81. The Bertz CT molecular complexity index is 844. The van der Waals surface area contributed by atoms with E-state index in [1.54, 1.807) is 6.20 Å². The minimum absolute atomic E-state index is 0.246. The van der Waals surface area contributed by atoms with Crippen LogP contribution >= 0.6 is 0 Å². The maximum atomic E-state index is 12.7. The smallest absolute Gasteiger partial charge is 0.407 e. The fourth-order valence-electron chi connectivity index (χ4n) is 2.65. The highest BCUT2D eigenvalue weighted by atomic mass is 16.6. The third kappa shape index (κ3) is 7.18. The Hall–Kier alpha value is -2.96. The van der Waals surface area contributed by atoms with Gasteiger partial charge in [-0.15, -0.1) is 0 Å². The summed E-state index contributed by atoms with van der Waals surface area (Å²) in [5.74, 6) is 0.236. The molecule has 0 atom stereocenters. The predicted molar refractivity (Wildman–Crippen MR) is 112 cm³/mol. The second kappa shape index (κ2) is 10.0. The van der Waals surface area contributed by atoms with Crippen LogP contribution < -0.4 is 10.6 Å². The summed E-state index contributed by atoms with van der Waals surface area (Å²) < 4.78 is 5.29. The number of carbonyl (C=O) groups excluding carboxylic acids is 2. The summed E-state index contributed by atoms with van der Waals surface area (Å²) in [6.45, 7) is 10.5. The Labute approximate surface area is 172 Å². The normalized spacial score (nSPS) is 11.2. The molecule has 0 saturated carbocycles. The molecule has 0 saturated heterocycles. The van der Waals surface area contributed by atoms with Crippen LogP contribution in [-0.2, 0) is 11.3 Å². The second-order valence-electron chi connectivity index (χ2n) is 8.20. The van der Waals surface area contributed by atoms with Gasteiger partial charge in [-0.2, -0.15) is 0 Å². The number of rotatable bonds is 7. The van der Waals surface area contributed by atoms with E-state index in [1.807, 2.05) is 45.0 Å². The van der Waals surface area contributed by atoms with Crippen molar-refractivity contribution in [2.45, 2.75) is 53.2 Å². The topological polar surface area (TPSA) is 93.2 Å². The van der Waals surface area contributed by atoms with Gasteiger partial charge in [-0.3, -0.25) is 9.78 Å². The summed E-state index contributed by atoms with van der Waals surface area (Å²) >= 11 is 0. The third-order valence-electron chi connectivity index (χ3n) is 4.02. The molecule has 0 bridgehead atoms. The molecule has 2 aromatic rings. The largest absolute Gasteiger partial charge is 0.444 e. The molecular formula is C22H30N4O3. The predicted octanol–water partition coefficient (Wildman–Crippen LogP) is 3.94. The van der Waals surface area contributed by atoms with Gasteiger partial charge in [-0.05, 0) is 38.7 Å². The van der Waals surface area contributed by atoms with Gasteiger partial charge in [0, 0.05) is 31.0 Å². The number of ether oxygens (including phenoxy) is 1. The quantitative estimate of drug-likeness (QED) is 0.737. The lowest BCUT2D eigenvalue weighted by Gasteiger charge is -2.20. The average Bonchev–Trinajstić information content (AvgIpc) is 2.65. The second-order valence-corrected chi connectivity index (χ2v) is 8.20. The first-order valence-electron chi connectivity index (χ1n) is 9.81. The van der Waals surface area contributed by atoms with Crippen molar-refractivity contribution < 1.29 is 14.3 Å². The first kappa shape index (κ1) is 22.3. The molecule has 2 N–H and O–H groups in total. The molecule has 1 aromatic carbocycles. The number of carbonyl (C=O) groups is 2. The number of amides is 2. The number of benzene rings is 1. The van der Waals surface area contributed by atoms with Crippen LogP contribution in [0.15, 0.2) is 36.7 Å². The van der Waals surface area contributed by atoms with E-state index in [0.29, 0.717) is 18.2 Å². The van der Waals surface area contributed by atoms with Crippen LogP contribution in [0.5, 0.6) is 0 Å². The van der Waals surface area contributed by atoms with Crippen molar-refractivity contribution in [2.24, 2.45) is 5.92 Å². The van der Waals surface area contributed by atoms with Crippen molar-refractivity contribution in [3.05, 3.63) is 47.9 Å². The average molecular weight is 399 g/mol. The number of alkyl carbamates (subject to hydrolysis) is 1. The molecule has 1 heterocycles. The number of nitrogens with one attached hydrogen (secondary N) is 2.